The molecule has 0 bridgehead atoms. The Labute approximate surface area is 454 Å². The van der Waals surface area contributed by atoms with Gasteiger partial charge in [-0.05, 0) is 100.0 Å². The Morgan fingerprint density at radius 2 is 1.12 bits per heavy atom. The highest BCUT2D eigenvalue weighted by molar-refractivity contribution is 6.21. The maximum Gasteiger partial charge on any atom is 0.137 e. The molecule has 6 heteroatoms. The molecule has 2 aliphatic heterocycles. The van der Waals surface area contributed by atoms with Crippen LogP contribution in [-0.2, 0) is 5.41 Å². The molecule has 12 aromatic rings. The maximum absolute atomic E-state index is 7.05. The zero-order valence-corrected chi connectivity index (χ0v) is 43.6. The summed E-state index contributed by atoms with van der Waals surface area (Å²) < 4.78 is 11.9. The minimum Gasteiger partial charge on any atom is -0.457 e. The quantitative estimate of drug-likeness (QED) is 0.159. The number of hydrogen-bond donors (Lipinski definition) is 0. The molecule has 5 heterocycles. The topological polar surface area (TPSA) is 38.5 Å². The van der Waals surface area contributed by atoms with E-state index in [2.05, 4.69) is 288 Å². The van der Waals surface area contributed by atoms with Crippen LogP contribution in [-0.4, -0.2) is 20.8 Å². The van der Waals surface area contributed by atoms with Crippen LogP contribution in [0.3, 0.4) is 0 Å². The van der Waals surface area contributed by atoms with Crippen LogP contribution in [0.1, 0.15) is 37.6 Å². The standard InChI is InChI=1S/C72H53N5O/c1-72(2,3)49-41-42-73-67(43-49)76-64-39-40-65-68(57-29-15-14-27-55(57)58-32-20-33-59-56-28-12-4-5-13-34-61(56)77(65)71(58)59)69(64)60-38-37-52(45-66(60)76)78-51-26-18-25-50(44-51)74-46-75(63-36-17-16-35-62(63)74)70-53(47-21-8-6-9-22-47)30-19-31-54(70)48-23-10-7-11-24-48/h4-45H,46H2,1-3H3/b5-4-,12-4?,13-5?,28-12-,34-13-,56-28?,61-34?. The summed E-state index contributed by atoms with van der Waals surface area (Å²) in [5.41, 5.74) is 22.0. The molecule has 0 saturated heterocycles. The fourth-order valence-electron chi connectivity index (χ4n) is 12.4. The van der Waals surface area contributed by atoms with Crippen LogP contribution in [0.15, 0.2) is 243 Å². The Morgan fingerprint density at radius 3 is 1.88 bits per heavy atom. The highest BCUT2D eigenvalue weighted by Crippen LogP contribution is 2.53. The molecule has 0 N–H and O–H groups in total. The Balaban J connectivity index is 0.882. The highest BCUT2D eigenvalue weighted by atomic mass is 16.5. The van der Waals surface area contributed by atoms with E-state index in [1.165, 1.54) is 77.6 Å². The molecule has 15 rings (SSSR count). The van der Waals surface area contributed by atoms with Crippen LogP contribution in [0.4, 0.5) is 22.7 Å². The number of benzene rings is 9. The van der Waals surface area contributed by atoms with Crippen molar-refractivity contribution in [3.8, 4) is 67.5 Å². The minimum absolute atomic E-state index is 0.0898. The molecule has 0 radical (unpaired) electrons. The zero-order chi connectivity index (χ0) is 52.1. The molecule has 0 atom stereocenters. The van der Waals surface area contributed by atoms with Gasteiger partial charge in [-0.25, -0.2) is 4.98 Å². The number of nitrogens with zero attached hydrogens (tertiary/aromatic N) is 5. The number of fused-ring (bicyclic) bond motifs is 13. The number of pyridine rings is 1. The Bertz CT molecular complexity index is 4430. The van der Waals surface area contributed by atoms with Crippen LogP contribution in [0, 0.1) is 0 Å². The lowest BCUT2D eigenvalue weighted by atomic mass is 9.88. The predicted octanol–water partition coefficient (Wildman–Crippen LogP) is 19.0. The van der Waals surface area contributed by atoms with E-state index in [-0.39, 0.29) is 5.41 Å². The van der Waals surface area contributed by atoms with Gasteiger partial charge in [-0.1, -0.05) is 191 Å². The molecule has 6 nitrogen and oxygen atoms in total. The third-order valence-electron chi connectivity index (χ3n) is 16.0. The first-order valence-electron chi connectivity index (χ1n) is 26.9. The molecule has 9 aromatic carbocycles. The van der Waals surface area contributed by atoms with Crippen LogP contribution in [0.25, 0.3) is 101 Å². The smallest absolute Gasteiger partial charge is 0.137 e. The van der Waals surface area contributed by atoms with E-state index in [1.54, 1.807) is 0 Å². The van der Waals surface area contributed by atoms with Crippen LogP contribution in [0.2, 0.25) is 0 Å². The number of para-hydroxylation sites is 4. The zero-order valence-electron chi connectivity index (χ0n) is 43.6. The summed E-state index contributed by atoms with van der Waals surface area (Å²) >= 11 is 0. The van der Waals surface area contributed by atoms with Gasteiger partial charge in [0.15, 0.2) is 0 Å². The summed E-state index contributed by atoms with van der Waals surface area (Å²) in [6.07, 6.45) is 15.0. The minimum atomic E-state index is -0.0898. The largest absolute Gasteiger partial charge is 0.457 e. The van der Waals surface area contributed by atoms with Crippen molar-refractivity contribution in [2.45, 2.75) is 26.2 Å². The van der Waals surface area contributed by atoms with E-state index >= 15 is 0 Å². The molecule has 1 aliphatic carbocycles. The second-order valence-corrected chi connectivity index (χ2v) is 21.5. The van der Waals surface area contributed by atoms with Gasteiger partial charge in [0.05, 0.1) is 45.0 Å². The number of allylic oxidation sites excluding steroid dienone is 4. The van der Waals surface area contributed by atoms with Crippen molar-refractivity contribution in [2.75, 3.05) is 16.5 Å². The van der Waals surface area contributed by atoms with Gasteiger partial charge in [0.2, 0.25) is 0 Å². The average molecular weight is 1000 g/mol. The SMILES string of the molecule is CC(C)(C)c1ccnc(-n2c3cc(Oc4cccc(N5CN(c6c(-c7ccccc7)cccc6-c6ccccc6)c6ccccc65)c4)ccc3c3c4c(ccc32)-n2c3c(c5cccc(c52)-c2ccccc2-4)\C=C/C=C\C=C/3)c1. The van der Waals surface area contributed by atoms with Crippen molar-refractivity contribution in [2.24, 2.45) is 0 Å². The molecular formula is C72H53N5O. The van der Waals surface area contributed by atoms with E-state index in [0.29, 0.717) is 6.67 Å². The van der Waals surface area contributed by atoms with E-state index < -0.39 is 0 Å². The number of aromatic nitrogens is 3. The van der Waals surface area contributed by atoms with Crippen molar-refractivity contribution in [3.05, 3.63) is 260 Å². The van der Waals surface area contributed by atoms with Crippen molar-refractivity contribution in [1.29, 1.82) is 0 Å². The summed E-state index contributed by atoms with van der Waals surface area (Å²) in [7, 11) is 0. The fraction of sp³-hybridized carbons (Fsp3) is 0.0694. The third kappa shape index (κ3) is 7.21. The number of hydrogen-bond acceptors (Lipinski definition) is 4. The second kappa shape index (κ2) is 17.9. The van der Waals surface area contributed by atoms with Crippen LogP contribution >= 0.6 is 0 Å². The Kier molecular flexibility index (Phi) is 10.4. The van der Waals surface area contributed by atoms with Gasteiger partial charge in [0.1, 0.15) is 24.0 Å². The summed E-state index contributed by atoms with van der Waals surface area (Å²) in [5, 5.41) is 3.52. The maximum atomic E-state index is 7.05. The lowest BCUT2D eigenvalue weighted by Gasteiger charge is -2.27. The highest BCUT2D eigenvalue weighted by Gasteiger charge is 2.33. The first-order chi connectivity index (χ1) is 38.4. The monoisotopic (exact) mass is 1000 g/mol. The van der Waals surface area contributed by atoms with Crippen molar-refractivity contribution in [1.82, 2.24) is 14.1 Å². The molecule has 3 aliphatic rings. The second-order valence-electron chi connectivity index (χ2n) is 21.5. The van der Waals surface area contributed by atoms with E-state index in [9.17, 15) is 0 Å². The molecule has 0 spiro atoms. The first-order valence-corrected chi connectivity index (χ1v) is 26.9. The molecule has 0 saturated carbocycles. The summed E-state index contributed by atoms with van der Waals surface area (Å²) in [5.74, 6) is 2.35. The predicted molar refractivity (Wildman–Crippen MR) is 325 cm³/mol. The van der Waals surface area contributed by atoms with E-state index in [1.807, 2.05) is 6.20 Å². The molecular weight excluding hydrogens is 951 g/mol. The van der Waals surface area contributed by atoms with Crippen LogP contribution < -0.4 is 14.5 Å². The summed E-state index contributed by atoms with van der Waals surface area (Å²) in [4.78, 5) is 10.0. The van der Waals surface area contributed by atoms with Gasteiger partial charge in [0.25, 0.3) is 0 Å². The third-order valence-corrected chi connectivity index (χ3v) is 16.0. The molecule has 0 amide bonds. The molecule has 3 aromatic heterocycles. The van der Waals surface area contributed by atoms with Gasteiger partial charge < -0.3 is 19.1 Å². The molecule has 372 valence electrons. The summed E-state index contributed by atoms with van der Waals surface area (Å²) in [6.45, 7) is 7.40. The lowest BCUT2D eigenvalue weighted by molar-refractivity contribution is 0.483. The van der Waals surface area contributed by atoms with Gasteiger partial charge in [-0.15, -0.1) is 0 Å². The van der Waals surface area contributed by atoms with Gasteiger partial charge in [-0.2, -0.15) is 0 Å². The van der Waals surface area contributed by atoms with Crippen molar-refractivity contribution >= 4 is 67.6 Å². The summed E-state index contributed by atoms with van der Waals surface area (Å²) in [6, 6.07) is 76.8. The molecule has 0 unspecified atom stereocenters. The number of anilines is 4. The van der Waals surface area contributed by atoms with Gasteiger partial charge >= 0.3 is 0 Å². The average Bonchev–Trinajstić information content (AvgIpc) is 4.17. The normalized spacial score (nSPS) is 14.6. The Hall–Kier alpha value is -9.91. The number of rotatable bonds is 7. The fourth-order valence-corrected chi connectivity index (χ4v) is 12.4. The lowest BCUT2D eigenvalue weighted by Crippen LogP contribution is -2.24. The number of ether oxygens (including phenoxy) is 1. The van der Waals surface area contributed by atoms with E-state index in [4.69, 9.17) is 9.72 Å². The Morgan fingerprint density at radius 1 is 0.462 bits per heavy atom. The van der Waals surface area contributed by atoms with Gasteiger partial charge in [-0.3, -0.25) is 4.57 Å². The molecule has 0 fully saturated rings. The van der Waals surface area contributed by atoms with Gasteiger partial charge in [0, 0.05) is 68.0 Å². The molecule has 78 heavy (non-hydrogen) atoms. The van der Waals surface area contributed by atoms with E-state index in [0.717, 1.165) is 62.2 Å². The van der Waals surface area contributed by atoms with Crippen molar-refractivity contribution in [3.63, 3.8) is 0 Å². The first kappa shape index (κ1) is 45.5. The van der Waals surface area contributed by atoms with Crippen LogP contribution in [0.5, 0.6) is 11.5 Å². The van der Waals surface area contributed by atoms with Crippen molar-refractivity contribution < 1.29 is 4.74 Å².